The molecule has 1 aromatic rings. The molecule has 16 heavy (non-hydrogen) atoms. The van der Waals surface area contributed by atoms with Crippen molar-refractivity contribution in [2.75, 3.05) is 25.1 Å². The van der Waals surface area contributed by atoms with Crippen molar-refractivity contribution in [2.24, 2.45) is 5.73 Å². The molecule has 0 radical (unpaired) electrons. The van der Waals surface area contributed by atoms with Crippen molar-refractivity contribution in [1.29, 1.82) is 0 Å². The molecule has 1 aliphatic rings. The van der Waals surface area contributed by atoms with E-state index < -0.39 is 0 Å². The second-order valence-electron chi connectivity index (χ2n) is 3.78. The first-order chi connectivity index (χ1) is 7.65. The standard InChI is InChI=1S/C10H15N3O2S/c1-3-7-8(9(14)15-2)16-10(12-7)13-4-6(11)5-13/h6H,3-5,11H2,1-2H3. The van der Waals surface area contributed by atoms with E-state index in [-0.39, 0.29) is 12.0 Å². The zero-order chi connectivity index (χ0) is 11.7. The lowest BCUT2D eigenvalue weighted by Gasteiger charge is -2.36. The Morgan fingerprint density at radius 2 is 2.38 bits per heavy atom. The molecular weight excluding hydrogens is 226 g/mol. The summed E-state index contributed by atoms with van der Waals surface area (Å²) in [5.41, 5.74) is 6.53. The Labute approximate surface area is 98.2 Å². The highest BCUT2D eigenvalue weighted by atomic mass is 32.1. The Kier molecular flexibility index (Phi) is 3.11. The number of carbonyl (C=O) groups is 1. The average molecular weight is 241 g/mol. The molecule has 0 aliphatic carbocycles. The number of esters is 1. The van der Waals surface area contributed by atoms with E-state index in [1.807, 2.05) is 6.92 Å². The predicted molar refractivity (Wildman–Crippen MR) is 63.0 cm³/mol. The Hall–Kier alpha value is -1.14. The van der Waals surface area contributed by atoms with Gasteiger partial charge in [-0.1, -0.05) is 18.3 Å². The van der Waals surface area contributed by atoms with Gasteiger partial charge in [0.25, 0.3) is 0 Å². The Balaban J connectivity index is 2.22. The number of rotatable bonds is 3. The summed E-state index contributed by atoms with van der Waals surface area (Å²) in [5, 5.41) is 0.874. The monoisotopic (exact) mass is 241 g/mol. The fourth-order valence-electron chi connectivity index (χ4n) is 1.64. The van der Waals surface area contributed by atoms with Crippen molar-refractivity contribution in [1.82, 2.24) is 4.98 Å². The molecule has 5 nitrogen and oxygen atoms in total. The van der Waals surface area contributed by atoms with E-state index in [0.717, 1.165) is 30.3 Å². The maximum atomic E-state index is 11.5. The lowest BCUT2D eigenvalue weighted by Crippen LogP contribution is -2.55. The SMILES string of the molecule is CCc1nc(N2CC(N)C2)sc1C(=O)OC. The first-order valence-electron chi connectivity index (χ1n) is 5.24. The molecule has 0 unspecified atom stereocenters. The van der Waals surface area contributed by atoms with Crippen LogP contribution in [0.3, 0.4) is 0 Å². The summed E-state index contributed by atoms with van der Waals surface area (Å²) in [5.74, 6) is -0.301. The molecule has 2 N–H and O–H groups in total. The summed E-state index contributed by atoms with van der Waals surface area (Å²) in [6.45, 7) is 3.61. The van der Waals surface area contributed by atoms with Crippen molar-refractivity contribution in [3.05, 3.63) is 10.6 Å². The molecular formula is C10H15N3O2S. The van der Waals surface area contributed by atoms with Crippen LogP contribution in [0.25, 0.3) is 0 Å². The second-order valence-corrected chi connectivity index (χ2v) is 4.76. The molecule has 0 spiro atoms. The smallest absolute Gasteiger partial charge is 0.350 e. The number of aryl methyl sites for hydroxylation is 1. The van der Waals surface area contributed by atoms with E-state index in [4.69, 9.17) is 10.5 Å². The van der Waals surface area contributed by atoms with Gasteiger partial charge in [0.2, 0.25) is 0 Å². The van der Waals surface area contributed by atoms with E-state index in [2.05, 4.69) is 9.88 Å². The molecule has 0 amide bonds. The Bertz CT molecular complexity index is 399. The van der Waals surface area contributed by atoms with Gasteiger partial charge in [0.05, 0.1) is 12.8 Å². The number of thiazole rings is 1. The number of methoxy groups -OCH3 is 1. The maximum absolute atomic E-state index is 11.5. The lowest BCUT2D eigenvalue weighted by molar-refractivity contribution is 0.0605. The van der Waals surface area contributed by atoms with Crippen molar-refractivity contribution in [3.63, 3.8) is 0 Å². The van der Waals surface area contributed by atoms with Crippen LogP contribution >= 0.6 is 11.3 Å². The normalized spacial score (nSPS) is 16.1. The van der Waals surface area contributed by atoms with Gasteiger partial charge in [0.1, 0.15) is 4.88 Å². The molecule has 0 bridgehead atoms. The first kappa shape index (κ1) is 11.3. The molecule has 6 heteroatoms. The molecule has 88 valence electrons. The lowest BCUT2D eigenvalue weighted by atomic mass is 10.1. The van der Waals surface area contributed by atoms with E-state index >= 15 is 0 Å². The fourth-order valence-corrected chi connectivity index (χ4v) is 2.73. The summed E-state index contributed by atoms with van der Waals surface area (Å²) in [4.78, 5) is 18.6. The fraction of sp³-hybridized carbons (Fsp3) is 0.600. The number of nitrogens with two attached hydrogens (primary N) is 1. The largest absolute Gasteiger partial charge is 0.465 e. The van der Waals surface area contributed by atoms with Gasteiger partial charge in [-0.05, 0) is 6.42 Å². The number of carbonyl (C=O) groups excluding carboxylic acids is 1. The highest BCUT2D eigenvalue weighted by Crippen LogP contribution is 2.29. The van der Waals surface area contributed by atoms with Crippen molar-refractivity contribution < 1.29 is 9.53 Å². The van der Waals surface area contributed by atoms with Gasteiger partial charge in [0, 0.05) is 19.1 Å². The average Bonchev–Trinajstić information content (AvgIpc) is 2.67. The van der Waals surface area contributed by atoms with Gasteiger partial charge in [0.15, 0.2) is 5.13 Å². The number of hydrogen-bond acceptors (Lipinski definition) is 6. The van der Waals surface area contributed by atoms with Crippen LogP contribution in [0.1, 0.15) is 22.3 Å². The van der Waals surface area contributed by atoms with Crippen LogP contribution in [0, 0.1) is 0 Å². The number of hydrogen-bond donors (Lipinski definition) is 1. The molecule has 0 atom stereocenters. The topological polar surface area (TPSA) is 68.5 Å². The molecule has 2 rings (SSSR count). The molecule has 0 aromatic carbocycles. The van der Waals surface area contributed by atoms with Gasteiger partial charge in [-0.3, -0.25) is 0 Å². The zero-order valence-corrected chi connectivity index (χ0v) is 10.2. The van der Waals surface area contributed by atoms with Crippen LogP contribution in [0.5, 0.6) is 0 Å². The third-order valence-electron chi connectivity index (χ3n) is 2.57. The third kappa shape index (κ3) is 1.90. The van der Waals surface area contributed by atoms with E-state index in [1.165, 1.54) is 18.4 Å². The highest BCUT2D eigenvalue weighted by Gasteiger charge is 2.28. The molecule has 1 aliphatic heterocycles. The molecule has 2 heterocycles. The summed E-state index contributed by atoms with van der Waals surface area (Å²) in [6.07, 6.45) is 0.737. The summed E-state index contributed by atoms with van der Waals surface area (Å²) in [7, 11) is 1.39. The van der Waals surface area contributed by atoms with E-state index in [9.17, 15) is 4.79 Å². The number of anilines is 1. The molecule has 1 fully saturated rings. The summed E-state index contributed by atoms with van der Waals surface area (Å²) < 4.78 is 4.73. The number of ether oxygens (including phenoxy) is 1. The summed E-state index contributed by atoms with van der Waals surface area (Å²) in [6, 6.07) is 0.232. The Morgan fingerprint density at radius 3 is 2.88 bits per heavy atom. The minimum absolute atomic E-state index is 0.232. The van der Waals surface area contributed by atoms with Gasteiger partial charge >= 0.3 is 5.97 Å². The van der Waals surface area contributed by atoms with Crippen LogP contribution in [-0.4, -0.2) is 37.2 Å². The van der Waals surface area contributed by atoms with Crippen LogP contribution in [0.2, 0.25) is 0 Å². The van der Waals surface area contributed by atoms with E-state index in [1.54, 1.807) is 0 Å². The van der Waals surface area contributed by atoms with Crippen LogP contribution in [-0.2, 0) is 11.2 Å². The number of aromatic nitrogens is 1. The van der Waals surface area contributed by atoms with Crippen LogP contribution < -0.4 is 10.6 Å². The maximum Gasteiger partial charge on any atom is 0.350 e. The van der Waals surface area contributed by atoms with Gasteiger partial charge in [-0.15, -0.1) is 0 Å². The Morgan fingerprint density at radius 1 is 1.69 bits per heavy atom. The van der Waals surface area contributed by atoms with Crippen molar-refractivity contribution >= 4 is 22.4 Å². The zero-order valence-electron chi connectivity index (χ0n) is 9.40. The predicted octanol–water partition coefficient (Wildman–Crippen LogP) is 0.639. The van der Waals surface area contributed by atoms with E-state index in [0.29, 0.717) is 4.88 Å². The molecule has 0 saturated carbocycles. The first-order valence-corrected chi connectivity index (χ1v) is 6.06. The second kappa shape index (κ2) is 4.39. The van der Waals surface area contributed by atoms with Crippen molar-refractivity contribution in [2.45, 2.75) is 19.4 Å². The van der Waals surface area contributed by atoms with Crippen LogP contribution in [0.15, 0.2) is 0 Å². The minimum atomic E-state index is -0.301. The summed E-state index contributed by atoms with van der Waals surface area (Å²) >= 11 is 1.39. The molecule has 1 aromatic heterocycles. The highest BCUT2D eigenvalue weighted by molar-refractivity contribution is 7.17. The minimum Gasteiger partial charge on any atom is -0.465 e. The van der Waals surface area contributed by atoms with Gasteiger partial charge in [-0.25, -0.2) is 9.78 Å². The van der Waals surface area contributed by atoms with Gasteiger partial charge in [-0.2, -0.15) is 0 Å². The van der Waals surface area contributed by atoms with Gasteiger partial charge < -0.3 is 15.4 Å². The van der Waals surface area contributed by atoms with Crippen molar-refractivity contribution in [3.8, 4) is 0 Å². The molecule has 1 saturated heterocycles. The quantitative estimate of drug-likeness (QED) is 0.786. The third-order valence-corrected chi connectivity index (χ3v) is 3.71. The van der Waals surface area contributed by atoms with Crippen LogP contribution in [0.4, 0.5) is 5.13 Å². The number of nitrogens with zero attached hydrogens (tertiary/aromatic N) is 2.